The molecule has 0 fully saturated rings. The summed E-state index contributed by atoms with van der Waals surface area (Å²) < 4.78 is 26.9. The van der Waals surface area contributed by atoms with E-state index in [1.165, 1.54) is 6.07 Å². The lowest BCUT2D eigenvalue weighted by atomic mass is 9.95. The van der Waals surface area contributed by atoms with E-state index in [1.54, 1.807) is 0 Å². The Bertz CT molecular complexity index is 348. The number of benzene rings is 1. The van der Waals surface area contributed by atoms with Crippen molar-refractivity contribution in [3.63, 3.8) is 0 Å². The first-order valence-electron chi connectivity index (χ1n) is 5.81. The van der Waals surface area contributed by atoms with Crippen LogP contribution in [-0.4, -0.2) is 11.2 Å². The van der Waals surface area contributed by atoms with Crippen LogP contribution in [0, 0.1) is 17.6 Å². The summed E-state index contributed by atoms with van der Waals surface area (Å²) >= 11 is 0. The maximum atomic E-state index is 13.4. The Kier molecular flexibility index (Phi) is 5.02. The van der Waals surface area contributed by atoms with Crippen LogP contribution in [0.2, 0.25) is 0 Å². The summed E-state index contributed by atoms with van der Waals surface area (Å²) in [5, 5.41) is 9.81. The number of hydrogen-bond donors (Lipinski definition) is 2. The molecule has 0 saturated heterocycles. The fraction of sp³-hybridized carbons (Fsp3) is 0.538. The summed E-state index contributed by atoms with van der Waals surface area (Å²) in [6.07, 6.45) is 0.279. The molecule has 0 spiro atoms. The van der Waals surface area contributed by atoms with Crippen LogP contribution in [-0.2, 0) is 0 Å². The monoisotopic (exact) mass is 243 g/mol. The molecule has 0 bridgehead atoms. The van der Waals surface area contributed by atoms with E-state index in [9.17, 15) is 13.9 Å². The van der Waals surface area contributed by atoms with Gasteiger partial charge in [0.25, 0.3) is 0 Å². The highest BCUT2D eigenvalue weighted by molar-refractivity contribution is 5.23. The zero-order valence-corrected chi connectivity index (χ0v) is 10.2. The zero-order chi connectivity index (χ0) is 13.0. The smallest absolute Gasteiger partial charge is 0.131 e. The molecule has 0 unspecified atom stereocenters. The molecule has 2 nitrogen and oxygen atoms in total. The number of aliphatic hydroxyl groups is 1. The van der Waals surface area contributed by atoms with Gasteiger partial charge in [-0.15, -0.1) is 0 Å². The molecule has 0 amide bonds. The van der Waals surface area contributed by atoms with Crippen LogP contribution >= 0.6 is 0 Å². The zero-order valence-electron chi connectivity index (χ0n) is 10.2. The Hall–Kier alpha value is -1.00. The van der Waals surface area contributed by atoms with E-state index in [1.807, 2.05) is 13.8 Å². The fourth-order valence-corrected chi connectivity index (χ4v) is 1.71. The van der Waals surface area contributed by atoms with Gasteiger partial charge in [-0.3, -0.25) is 0 Å². The van der Waals surface area contributed by atoms with E-state index in [2.05, 4.69) is 0 Å². The molecule has 96 valence electrons. The number of nitrogens with two attached hydrogens (primary N) is 1. The summed E-state index contributed by atoms with van der Waals surface area (Å²) in [4.78, 5) is 0. The Labute approximate surface area is 100 Å². The van der Waals surface area contributed by atoms with Gasteiger partial charge in [-0.1, -0.05) is 19.9 Å². The van der Waals surface area contributed by atoms with Gasteiger partial charge in [-0.05, 0) is 30.9 Å². The molecule has 1 rings (SSSR count). The Morgan fingerprint density at radius 3 is 2.18 bits per heavy atom. The molecular formula is C13H19F2NO. The first kappa shape index (κ1) is 14.1. The normalized spacial score (nSPS) is 15.0. The quantitative estimate of drug-likeness (QED) is 0.835. The van der Waals surface area contributed by atoms with Crippen molar-refractivity contribution in [2.75, 3.05) is 0 Å². The highest BCUT2D eigenvalue weighted by Gasteiger charge is 2.23. The average Bonchev–Trinajstić information content (AvgIpc) is 2.25. The minimum atomic E-state index is -1.02. The van der Waals surface area contributed by atoms with Gasteiger partial charge in [-0.2, -0.15) is 0 Å². The summed E-state index contributed by atoms with van der Waals surface area (Å²) in [7, 11) is 0. The summed E-state index contributed by atoms with van der Waals surface area (Å²) in [6, 6.07) is 2.55. The number of aliphatic hydroxyl groups excluding tert-OH is 1. The van der Waals surface area contributed by atoms with Gasteiger partial charge in [0.2, 0.25) is 0 Å². The van der Waals surface area contributed by atoms with Crippen molar-refractivity contribution in [1.29, 1.82) is 0 Å². The highest BCUT2D eigenvalue weighted by atomic mass is 19.1. The van der Waals surface area contributed by atoms with E-state index in [0.717, 1.165) is 18.6 Å². The number of halogens is 2. The molecule has 1 aromatic carbocycles. The van der Waals surface area contributed by atoms with Crippen LogP contribution in [0.5, 0.6) is 0 Å². The third-order valence-electron chi connectivity index (χ3n) is 2.79. The van der Waals surface area contributed by atoms with Crippen LogP contribution in [0.25, 0.3) is 0 Å². The van der Waals surface area contributed by atoms with E-state index >= 15 is 0 Å². The molecule has 0 aromatic heterocycles. The Balaban J connectivity index is 2.78. The third-order valence-corrected chi connectivity index (χ3v) is 2.79. The Morgan fingerprint density at radius 2 is 1.71 bits per heavy atom. The van der Waals surface area contributed by atoms with Gasteiger partial charge in [0.15, 0.2) is 0 Å². The molecule has 0 heterocycles. The van der Waals surface area contributed by atoms with Crippen LogP contribution in [0.1, 0.15) is 38.3 Å². The largest absolute Gasteiger partial charge is 0.391 e. The molecule has 0 saturated carbocycles. The van der Waals surface area contributed by atoms with Crippen molar-refractivity contribution in [1.82, 2.24) is 0 Å². The van der Waals surface area contributed by atoms with Crippen LogP contribution in [0.3, 0.4) is 0 Å². The van der Waals surface area contributed by atoms with Crippen molar-refractivity contribution in [3.05, 3.63) is 35.4 Å². The molecule has 0 aliphatic rings. The molecule has 3 N–H and O–H groups in total. The van der Waals surface area contributed by atoms with E-state index < -0.39 is 23.8 Å². The Morgan fingerprint density at radius 1 is 1.18 bits per heavy atom. The van der Waals surface area contributed by atoms with Crippen molar-refractivity contribution in [2.45, 2.75) is 38.8 Å². The number of rotatable bonds is 5. The summed E-state index contributed by atoms with van der Waals surface area (Å²) in [6.45, 7) is 4.03. The summed E-state index contributed by atoms with van der Waals surface area (Å²) in [5.41, 5.74) is 5.46. The second-order valence-electron chi connectivity index (χ2n) is 4.70. The van der Waals surface area contributed by atoms with Crippen LogP contribution in [0.4, 0.5) is 8.78 Å². The molecule has 0 aliphatic heterocycles. The van der Waals surface area contributed by atoms with E-state index in [4.69, 9.17) is 5.73 Å². The minimum Gasteiger partial charge on any atom is -0.391 e. The average molecular weight is 243 g/mol. The van der Waals surface area contributed by atoms with E-state index in [-0.39, 0.29) is 5.56 Å². The minimum absolute atomic E-state index is 0.233. The van der Waals surface area contributed by atoms with Crippen molar-refractivity contribution in [2.24, 2.45) is 11.7 Å². The van der Waals surface area contributed by atoms with Gasteiger partial charge in [0.1, 0.15) is 11.6 Å². The standard InChI is InChI=1S/C13H19F2NO/c1-8(2)6-7-11(17)13(16)12-9(14)4-3-5-10(12)15/h3-5,8,11,13,17H,6-7,16H2,1-2H3/t11-,13-/m1/s1. The van der Waals surface area contributed by atoms with E-state index in [0.29, 0.717) is 12.3 Å². The highest BCUT2D eigenvalue weighted by Crippen LogP contribution is 2.24. The lowest BCUT2D eigenvalue weighted by Crippen LogP contribution is -2.28. The van der Waals surface area contributed by atoms with Gasteiger partial charge in [0.05, 0.1) is 12.1 Å². The van der Waals surface area contributed by atoms with Crippen LogP contribution in [0.15, 0.2) is 18.2 Å². The first-order chi connectivity index (χ1) is 7.93. The lowest BCUT2D eigenvalue weighted by molar-refractivity contribution is 0.125. The molecule has 1 aromatic rings. The second kappa shape index (κ2) is 6.07. The molecule has 0 radical (unpaired) electrons. The molecule has 4 heteroatoms. The first-order valence-corrected chi connectivity index (χ1v) is 5.81. The molecule has 0 aliphatic carbocycles. The molecule has 2 atom stereocenters. The van der Waals surface area contributed by atoms with Crippen molar-refractivity contribution < 1.29 is 13.9 Å². The van der Waals surface area contributed by atoms with Gasteiger partial charge in [0, 0.05) is 5.56 Å². The maximum Gasteiger partial charge on any atom is 0.131 e. The predicted octanol–water partition coefficient (Wildman–Crippen LogP) is 2.76. The SMILES string of the molecule is CC(C)CC[C@@H](O)[C@@H](N)c1c(F)cccc1F. The lowest BCUT2D eigenvalue weighted by Gasteiger charge is -2.20. The fourth-order valence-electron chi connectivity index (χ4n) is 1.71. The predicted molar refractivity (Wildman–Crippen MR) is 63.4 cm³/mol. The third kappa shape index (κ3) is 3.75. The van der Waals surface area contributed by atoms with Gasteiger partial charge < -0.3 is 10.8 Å². The molecular weight excluding hydrogens is 224 g/mol. The van der Waals surface area contributed by atoms with Gasteiger partial charge >= 0.3 is 0 Å². The van der Waals surface area contributed by atoms with Gasteiger partial charge in [-0.25, -0.2) is 8.78 Å². The van der Waals surface area contributed by atoms with Crippen LogP contribution < -0.4 is 5.73 Å². The van der Waals surface area contributed by atoms with Crippen molar-refractivity contribution >= 4 is 0 Å². The number of hydrogen-bond acceptors (Lipinski definition) is 2. The summed E-state index contributed by atoms with van der Waals surface area (Å²) in [5.74, 6) is -0.996. The van der Waals surface area contributed by atoms with Crippen molar-refractivity contribution in [3.8, 4) is 0 Å². The maximum absolute atomic E-state index is 13.4. The second-order valence-corrected chi connectivity index (χ2v) is 4.70. The molecule has 17 heavy (non-hydrogen) atoms. The topological polar surface area (TPSA) is 46.2 Å².